The first-order chi connectivity index (χ1) is 14.7. The Labute approximate surface area is 205 Å². The van der Waals surface area contributed by atoms with Crippen LogP contribution in [0.1, 0.15) is 64.7 Å². The van der Waals surface area contributed by atoms with Crippen molar-refractivity contribution >= 4 is 35.8 Å². The van der Waals surface area contributed by atoms with E-state index >= 15 is 0 Å². The molecule has 0 spiro atoms. The number of amides is 1. The predicted molar refractivity (Wildman–Crippen MR) is 135 cm³/mol. The van der Waals surface area contributed by atoms with E-state index < -0.39 is 0 Å². The molecular weight excluding hydrogens is 505 g/mol. The van der Waals surface area contributed by atoms with Crippen LogP contribution in [0.25, 0.3) is 0 Å². The van der Waals surface area contributed by atoms with Gasteiger partial charge in [0.1, 0.15) is 0 Å². The van der Waals surface area contributed by atoms with Crippen molar-refractivity contribution in [2.24, 2.45) is 10.9 Å². The second-order valence-corrected chi connectivity index (χ2v) is 9.62. The monoisotopic (exact) mass is 547 g/mol. The quantitative estimate of drug-likeness (QED) is 0.304. The predicted octanol–water partition coefficient (Wildman–Crippen LogP) is 2.60. The van der Waals surface area contributed by atoms with Crippen LogP contribution in [0, 0.1) is 5.92 Å². The number of carbonyl (C=O) groups excluding carboxylic acids is 1. The highest BCUT2D eigenvalue weighted by Gasteiger charge is 2.40. The summed E-state index contributed by atoms with van der Waals surface area (Å²) in [5.74, 6) is 1.57. The molecule has 31 heavy (non-hydrogen) atoms. The fraction of sp³-hybridized carbons (Fsp3) is 0.913. The smallest absolute Gasteiger partial charge is 0.225 e. The molecule has 4 rings (SSSR count). The third-order valence-electron chi connectivity index (χ3n) is 7.62. The van der Waals surface area contributed by atoms with Crippen LogP contribution in [-0.4, -0.2) is 85.7 Å². The zero-order chi connectivity index (χ0) is 20.8. The Morgan fingerprint density at radius 1 is 1.06 bits per heavy atom. The maximum atomic E-state index is 12.8. The van der Waals surface area contributed by atoms with E-state index in [0.29, 0.717) is 11.9 Å². The summed E-state index contributed by atoms with van der Waals surface area (Å²) in [5.41, 5.74) is 0.150. The molecule has 1 unspecified atom stereocenters. The molecule has 0 aromatic heterocycles. The lowest BCUT2D eigenvalue weighted by atomic mass is 9.88. The molecule has 0 aromatic carbocycles. The number of rotatable bonds is 6. The minimum absolute atomic E-state index is 0. The van der Waals surface area contributed by atoms with Crippen LogP contribution in [0.3, 0.4) is 0 Å². The highest BCUT2D eigenvalue weighted by Crippen LogP contribution is 2.32. The molecular formula is C23H42IN5O2. The minimum atomic E-state index is 0. The van der Waals surface area contributed by atoms with Gasteiger partial charge in [0, 0.05) is 50.3 Å². The molecule has 1 atom stereocenters. The normalized spacial score (nSPS) is 27.3. The van der Waals surface area contributed by atoms with E-state index in [1.165, 1.54) is 38.8 Å². The summed E-state index contributed by atoms with van der Waals surface area (Å²) >= 11 is 0. The Balaban J connectivity index is 0.00000272. The van der Waals surface area contributed by atoms with Crippen LogP contribution in [-0.2, 0) is 9.53 Å². The van der Waals surface area contributed by atoms with Crippen molar-refractivity contribution in [3.05, 3.63) is 0 Å². The highest BCUT2D eigenvalue weighted by atomic mass is 127. The molecule has 3 aliphatic heterocycles. The van der Waals surface area contributed by atoms with Crippen molar-refractivity contribution in [3.63, 3.8) is 0 Å². The van der Waals surface area contributed by atoms with Crippen molar-refractivity contribution in [2.75, 3.05) is 52.5 Å². The fourth-order valence-electron chi connectivity index (χ4n) is 5.77. The number of hydrogen-bond donors (Lipinski definition) is 2. The first-order valence-corrected chi connectivity index (χ1v) is 12.4. The first kappa shape index (κ1) is 25.0. The number of aliphatic imine (C=N–C) groups is 1. The van der Waals surface area contributed by atoms with E-state index in [9.17, 15) is 4.79 Å². The second kappa shape index (κ2) is 12.0. The molecule has 0 aromatic rings. The topological polar surface area (TPSA) is 69.2 Å². The van der Waals surface area contributed by atoms with Crippen LogP contribution in [0.2, 0.25) is 0 Å². The molecule has 4 fully saturated rings. The van der Waals surface area contributed by atoms with Crippen LogP contribution in [0.5, 0.6) is 0 Å². The van der Waals surface area contributed by atoms with Crippen LogP contribution in [0.15, 0.2) is 4.99 Å². The van der Waals surface area contributed by atoms with Gasteiger partial charge >= 0.3 is 0 Å². The number of hydrogen-bond acceptors (Lipinski definition) is 4. The lowest BCUT2D eigenvalue weighted by Crippen LogP contribution is -2.54. The van der Waals surface area contributed by atoms with Crippen molar-refractivity contribution in [3.8, 4) is 0 Å². The van der Waals surface area contributed by atoms with Gasteiger partial charge in [-0.3, -0.25) is 14.7 Å². The third-order valence-corrected chi connectivity index (χ3v) is 7.62. The summed E-state index contributed by atoms with van der Waals surface area (Å²) in [6, 6.07) is 0.297. The molecule has 7 nitrogen and oxygen atoms in total. The molecule has 3 saturated heterocycles. The average molecular weight is 548 g/mol. The second-order valence-electron chi connectivity index (χ2n) is 9.62. The Morgan fingerprint density at radius 3 is 2.45 bits per heavy atom. The van der Waals surface area contributed by atoms with E-state index in [2.05, 4.69) is 27.4 Å². The summed E-state index contributed by atoms with van der Waals surface area (Å²) in [7, 11) is 0. The summed E-state index contributed by atoms with van der Waals surface area (Å²) in [6.07, 6.45) is 10.4. The Hall–Kier alpha value is -0.610. The maximum absolute atomic E-state index is 12.8. The average Bonchev–Trinajstić information content (AvgIpc) is 3.55. The number of nitrogens with zero attached hydrogens (tertiary/aromatic N) is 3. The molecule has 2 N–H and O–H groups in total. The van der Waals surface area contributed by atoms with Crippen LogP contribution >= 0.6 is 24.0 Å². The Bertz CT molecular complexity index is 599. The number of halogens is 1. The molecule has 1 aliphatic carbocycles. The lowest BCUT2D eigenvalue weighted by molar-refractivity contribution is -0.134. The van der Waals surface area contributed by atoms with Crippen molar-refractivity contribution < 1.29 is 9.53 Å². The lowest BCUT2D eigenvalue weighted by Gasteiger charge is -2.43. The van der Waals surface area contributed by atoms with Gasteiger partial charge in [0.15, 0.2) is 5.96 Å². The summed E-state index contributed by atoms with van der Waals surface area (Å²) < 4.78 is 5.68. The standard InChI is InChI=1S/C23H41N5O2.HI/c1-2-24-22(25-18-23(10-15-30-16-11-23)28-12-5-6-13-28)26-20-9-14-27(17-20)21(29)19-7-3-4-8-19;/h19-20H,2-18H2,1H3,(H2,24,25,26);1H. The SMILES string of the molecule is CCNC(=NCC1(N2CCCC2)CCOCC1)NC1CCN(C(=O)C2CCCC2)C1.I. The van der Waals surface area contributed by atoms with Gasteiger partial charge in [-0.1, -0.05) is 12.8 Å². The van der Waals surface area contributed by atoms with Gasteiger partial charge in [-0.15, -0.1) is 24.0 Å². The summed E-state index contributed by atoms with van der Waals surface area (Å²) in [6.45, 7) is 9.55. The number of nitrogens with one attached hydrogen (secondary N) is 2. The maximum Gasteiger partial charge on any atom is 0.225 e. The van der Waals surface area contributed by atoms with Gasteiger partial charge in [0.25, 0.3) is 0 Å². The number of likely N-dealkylation sites (tertiary alicyclic amines) is 2. The Morgan fingerprint density at radius 2 is 1.77 bits per heavy atom. The van der Waals surface area contributed by atoms with Gasteiger partial charge in [0.05, 0.1) is 6.54 Å². The molecule has 1 saturated carbocycles. The van der Waals surface area contributed by atoms with Crippen LogP contribution < -0.4 is 10.6 Å². The minimum Gasteiger partial charge on any atom is -0.381 e. The van der Waals surface area contributed by atoms with E-state index in [1.807, 2.05) is 0 Å². The largest absolute Gasteiger partial charge is 0.381 e. The summed E-state index contributed by atoms with van der Waals surface area (Å²) in [5, 5.41) is 7.08. The molecule has 8 heteroatoms. The number of carbonyl (C=O) groups is 1. The molecule has 0 bridgehead atoms. The van der Waals surface area contributed by atoms with Crippen molar-refractivity contribution in [2.45, 2.75) is 76.3 Å². The van der Waals surface area contributed by atoms with E-state index in [4.69, 9.17) is 9.73 Å². The summed E-state index contributed by atoms with van der Waals surface area (Å²) in [4.78, 5) is 22.6. The fourth-order valence-corrected chi connectivity index (χ4v) is 5.77. The van der Waals surface area contributed by atoms with Gasteiger partial charge in [-0.05, 0) is 65.0 Å². The zero-order valence-electron chi connectivity index (χ0n) is 19.2. The number of guanidine groups is 1. The Kier molecular flexibility index (Phi) is 9.70. The van der Waals surface area contributed by atoms with Gasteiger partial charge in [-0.25, -0.2) is 0 Å². The number of ether oxygens (including phenoxy) is 1. The van der Waals surface area contributed by atoms with E-state index in [0.717, 1.165) is 77.5 Å². The van der Waals surface area contributed by atoms with E-state index in [1.54, 1.807) is 0 Å². The molecule has 178 valence electrons. The first-order valence-electron chi connectivity index (χ1n) is 12.4. The van der Waals surface area contributed by atoms with Gasteiger partial charge in [-0.2, -0.15) is 0 Å². The molecule has 3 heterocycles. The van der Waals surface area contributed by atoms with Crippen molar-refractivity contribution in [1.29, 1.82) is 0 Å². The molecule has 4 aliphatic rings. The highest BCUT2D eigenvalue weighted by molar-refractivity contribution is 14.0. The third kappa shape index (κ3) is 6.25. The zero-order valence-corrected chi connectivity index (χ0v) is 21.6. The van der Waals surface area contributed by atoms with Gasteiger partial charge in [0.2, 0.25) is 5.91 Å². The van der Waals surface area contributed by atoms with Crippen molar-refractivity contribution in [1.82, 2.24) is 20.4 Å². The molecule has 0 radical (unpaired) electrons. The molecule has 1 amide bonds. The van der Waals surface area contributed by atoms with Crippen LogP contribution in [0.4, 0.5) is 0 Å². The van der Waals surface area contributed by atoms with E-state index in [-0.39, 0.29) is 35.4 Å². The van der Waals surface area contributed by atoms with Gasteiger partial charge < -0.3 is 20.3 Å².